The van der Waals surface area contributed by atoms with E-state index in [4.69, 9.17) is 4.74 Å². The number of hydrogen-bond acceptors (Lipinski definition) is 3. The number of carbonyl (C=O) groups is 1. The molecule has 2 rings (SSSR count). The molecule has 1 aromatic heterocycles. The maximum absolute atomic E-state index is 11.8. The minimum atomic E-state index is -0.172. The van der Waals surface area contributed by atoms with Gasteiger partial charge in [-0.05, 0) is 25.7 Å². The van der Waals surface area contributed by atoms with Gasteiger partial charge in [0.05, 0.1) is 6.61 Å². The van der Waals surface area contributed by atoms with Gasteiger partial charge >= 0.3 is 6.09 Å². The minimum Gasteiger partial charge on any atom is -0.449 e. The molecule has 0 atom stereocenters. The number of piperidine rings is 1. The fourth-order valence-corrected chi connectivity index (χ4v) is 2.43. The van der Waals surface area contributed by atoms with Crippen LogP contribution in [0.4, 0.5) is 4.79 Å². The van der Waals surface area contributed by atoms with Crippen LogP contribution < -0.4 is 0 Å². The van der Waals surface area contributed by atoms with Gasteiger partial charge in [-0.25, -0.2) is 9.78 Å². The average Bonchev–Trinajstić information content (AvgIpc) is 2.82. The molecular formula is C14H23N3O2. The predicted molar refractivity (Wildman–Crippen MR) is 73.0 cm³/mol. The van der Waals surface area contributed by atoms with Crippen molar-refractivity contribution in [3.05, 3.63) is 18.2 Å². The predicted octanol–water partition coefficient (Wildman–Crippen LogP) is 2.62. The summed E-state index contributed by atoms with van der Waals surface area (Å²) >= 11 is 0. The molecule has 0 aliphatic carbocycles. The Morgan fingerprint density at radius 1 is 1.47 bits per heavy atom. The van der Waals surface area contributed by atoms with Crippen molar-refractivity contribution in [1.29, 1.82) is 0 Å². The highest BCUT2D eigenvalue weighted by atomic mass is 16.6. The van der Waals surface area contributed by atoms with Crippen LogP contribution in [0.3, 0.4) is 0 Å². The van der Waals surface area contributed by atoms with Crippen molar-refractivity contribution < 1.29 is 9.53 Å². The molecule has 19 heavy (non-hydrogen) atoms. The number of likely N-dealkylation sites (tertiary alicyclic amines) is 1. The fourth-order valence-electron chi connectivity index (χ4n) is 2.43. The Bertz CT molecular complexity index is 420. The zero-order valence-corrected chi connectivity index (χ0v) is 12.0. The van der Waals surface area contributed by atoms with Crippen LogP contribution in [0.2, 0.25) is 0 Å². The molecule has 1 fully saturated rings. The van der Waals surface area contributed by atoms with Gasteiger partial charge < -0.3 is 14.2 Å². The summed E-state index contributed by atoms with van der Waals surface area (Å²) in [6.07, 6.45) is 5.61. The molecule has 5 nitrogen and oxygen atoms in total. The van der Waals surface area contributed by atoms with E-state index in [0.717, 1.165) is 31.8 Å². The smallest absolute Gasteiger partial charge is 0.409 e. The van der Waals surface area contributed by atoms with Crippen LogP contribution in [-0.2, 0) is 4.74 Å². The first-order chi connectivity index (χ1) is 9.08. The van der Waals surface area contributed by atoms with Crippen LogP contribution in [0.25, 0.3) is 0 Å². The number of amides is 1. The molecular weight excluding hydrogens is 242 g/mol. The average molecular weight is 265 g/mol. The molecule has 1 aliphatic rings. The molecule has 1 saturated heterocycles. The third kappa shape index (κ3) is 3.49. The second kappa shape index (κ2) is 6.08. The first-order valence-electron chi connectivity index (χ1n) is 6.99. The normalized spacial score (nSPS) is 16.9. The maximum atomic E-state index is 11.8. The molecule has 0 radical (unpaired) electrons. The Labute approximate surface area is 114 Å². The quantitative estimate of drug-likeness (QED) is 0.844. The van der Waals surface area contributed by atoms with E-state index in [9.17, 15) is 4.79 Å². The van der Waals surface area contributed by atoms with Gasteiger partial charge in [0.1, 0.15) is 5.82 Å². The molecule has 0 aromatic carbocycles. The van der Waals surface area contributed by atoms with E-state index in [1.54, 1.807) is 0 Å². The summed E-state index contributed by atoms with van der Waals surface area (Å²) in [5.74, 6) is 1.43. The fraction of sp³-hybridized carbons (Fsp3) is 0.714. The maximum Gasteiger partial charge on any atom is 0.409 e. The molecule has 2 heterocycles. The van der Waals surface area contributed by atoms with Gasteiger partial charge in [-0.2, -0.15) is 0 Å². The number of nitrogens with zero attached hydrogens (tertiary/aromatic N) is 3. The Morgan fingerprint density at radius 2 is 2.16 bits per heavy atom. The van der Waals surface area contributed by atoms with Gasteiger partial charge in [-0.1, -0.05) is 13.8 Å². The van der Waals surface area contributed by atoms with Crippen LogP contribution in [0.1, 0.15) is 38.6 Å². The zero-order chi connectivity index (χ0) is 13.8. The molecule has 0 N–H and O–H groups in total. The molecule has 0 bridgehead atoms. The van der Waals surface area contributed by atoms with Crippen LogP contribution in [0.5, 0.6) is 0 Å². The van der Waals surface area contributed by atoms with Crippen molar-refractivity contribution in [2.24, 2.45) is 5.92 Å². The lowest BCUT2D eigenvalue weighted by atomic mass is 10.1. The van der Waals surface area contributed by atoms with Crippen molar-refractivity contribution in [3.8, 4) is 0 Å². The number of aryl methyl sites for hydroxylation is 1. The molecule has 1 aliphatic heterocycles. The molecule has 106 valence electrons. The standard InChI is InChI=1S/C14H23N3O2/c1-11(2)10-19-14(18)16-7-4-13(5-8-16)17-9-6-15-12(17)3/h6,9,11,13H,4-5,7-8,10H2,1-3H3. The monoisotopic (exact) mass is 265 g/mol. The van der Waals surface area contributed by atoms with Gasteiger partial charge in [0.15, 0.2) is 0 Å². The molecule has 0 unspecified atom stereocenters. The number of ether oxygens (including phenoxy) is 1. The summed E-state index contributed by atoms with van der Waals surface area (Å²) < 4.78 is 7.47. The number of aromatic nitrogens is 2. The first kappa shape index (κ1) is 13.9. The minimum absolute atomic E-state index is 0.172. The van der Waals surface area contributed by atoms with Crippen LogP contribution in [-0.4, -0.2) is 40.2 Å². The Kier molecular flexibility index (Phi) is 4.45. The van der Waals surface area contributed by atoms with Crippen LogP contribution >= 0.6 is 0 Å². The van der Waals surface area contributed by atoms with Gasteiger partial charge in [-0.3, -0.25) is 0 Å². The molecule has 0 spiro atoms. The number of carbonyl (C=O) groups excluding carboxylic acids is 1. The lowest BCUT2D eigenvalue weighted by molar-refractivity contribution is 0.0796. The lowest BCUT2D eigenvalue weighted by Crippen LogP contribution is -2.39. The van der Waals surface area contributed by atoms with Crippen LogP contribution in [0.15, 0.2) is 12.4 Å². The molecule has 5 heteroatoms. The summed E-state index contributed by atoms with van der Waals surface area (Å²) in [4.78, 5) is 17.9. The third-order valence-electron chi connectivity index (χ3n) is 3.52. The van der Waals surface area contributed by atoms with E-state index in [1.807, 2.05) is 38.1 Å². The number of imidazole rings is 1. The largest absolute Gasteiger partial charge is 0.449 e. The zero-order valence-electron chi connectivity index (χ0n) is 12.0. The van der Waals surface area contributed by atoms with E-state index < -0.39 is 0 Å². The van der Waals surface area contributed by atoms with Gasteiger partial charge in [-0.15, -0.1) is 0 Å². The van der Waals surface area contributed by atoms with Crippen molar-refractivity contribution in [2.45, 2.75) is 39.7 Å². The summed E-state index contributed by atoms with van der Waals surface area (Å²) in [6, 6.07) is 0.455. The SMILES string of the molecule is Cc1nccn1C1CCN(C(=O)OCC(C)C)CC1. The van der Waals surface area contributed by atoms with Crippen molar-refractivity contribution in [2.75, 3.05) is 19.7 Å². The molecule has 1 amide bonds. The Hall–Kier alpha value is -1.52. The summed E-state index contributed by atoms with van der Waals surface area (Å²) in [5, 5.41) is 0. The Balaban J connectivity index is 1.82. The second-order valence-corrected chi connectivity index (χ2v) is 5.57. The summed E-state index contributed by atoms with van der Waals surface area (Å²) in [6.45, 7) is 8.13. The van der Waals surface area contributed by atoms with E-state index >= 15 is 0 Å². The van der Waals surface area contributed by atoms with E-state index in [1.165, 1.54) is 0 Å². The Morgan fingerprint density at radius 3 is 2.68 bits per heavy atom. The highest BCUT2D eigenvalue weighted by molar-refractivity contribution is 5.67. The van der Waals surface area contributed by atoms with Gasteiger partial charge in [0.2, 0.25) is 0 Å². The topological polar surface area (TPSA) is 47.4 Å². The molecule has 0 saturated carbocycles. The number of rotatable bonds is 3. The van der Waals surface area contributed by atoms with Crippen molar-refractivity contribution in [3.63, 3.8) is 0 Å². The first-order valence-corrected chi connectivity index (χ1v) is 6.99. The summed E-state index contributed by atoms with van der Waals surface area (Å²) in [5.41, 5.74) is 0. The van der Waals surface area contributed by atoms with Crippen LogP contribution in [0, 0.1) is 12.8 Å². The van der Waals surface area contributed by atoms with Crippen molar-refractivity contribution >= 4 is 6.09 Å². The highest BCUT2D eigenvalue weighted by Crippen LogP contribution is 2.23. The van der Waals surface area contributed by atoms with Gasteiger partial charge in [0, 0.05) is 31.5 Å². The lowest BCUT2D eigenvalue weighted by Gasteiger charge is -2.32. The second-order valence-electron chi connectivity index (χ2n) is 5.57. The summed E-state index contributed by atoms with van der Waals surface area (Å²) in [7, 11) is 0. The van der Waals surface area contributed by atoms with E-state index in [2.05, 4.69) is 9.55 Å². The number of hydrogen-bond donors (Lipinski definition) is 0. The highest BCUT2D eigenvalue weighted by Gasteiger charge is 2.25. The van der Waals surface area contributed by atoms with Gasteiger partial charge in [0.25, 0.3) is 0 Å². The third-order valence-corrected chi connectivity index (χ3v) is 3.52. The van der Waals surface area contributed by atoms with E-state index in [0.29, 0.717) is 18.6 Å². The molecule has 1 aromatic rings. The van der Waals surface area contributed by atoms with Crippen molar-refractivity contribution in [1.82, 2.24) is 14.5 Å². The van der Waals surface area contributed by atoms with E-state index in [-0.39, 0.29) is 6.09 Å².